The Balaban J connectivity index is 1.74. The molecule has 0 aliphatic carbocycles. The predicted molar refractivity (Wildman–Crippen MR) is 95.1 cm³/mol. The first-order chi connectivity index (χ1) is 11.1. The van der Waals surface area contributed by atoms with E-state index in [1.165, 1.54) is 5.56 Å². The lowest BCUT2D eigenvalue weighted by Gasteiger charge is -2.16. The molecule has 0 saturated carbocycles. The van der Waals surface area contributed by atoms with Gasteiger partial charge >= 0.3 is 0 Å². The van der Waals surface area contributed by atoms with Gasteiger partial charge in [-0.1, -0.05) is 29.3 Å². The summed E-state index contributed by atoms with van der Waals surface area (Å²) in [4.78, 5) is 18.1. The number of carbonyl (C=O) groups is 1. The summed E-state index contributed by atoms with van der Waals surface area (Å²) in [6.07, 6.45) is 4.91. The second-order valence-corrected chi connectivity index (χ2v) is 6.09. The molecule has 0 unspecified atom stereocenters. The first-order valence-corrected chi connectivity index (χ1v) is 8.13. The first-order valence-electron chi connectivity index (χ1n) is 7.37. The van der Waals surface area contributed by atoms with Crippen LogP contribution < -0.4 is 5.32 Å². The van der Waals surface area contributed by atoms with Crippen molar-refractivity contribution in [2.45, 2.75) is 12.8 Å². The molecule has 0 radical (unpaired) electrons. The highest BCUT2D eigenvalue weighted by Gasteiger charge is 2.09. The van der Waals surface area contributed by atoms with Gasteiger partial charge in [-0.15, -0.1) is 0 Å². The molecule has 0 fully saturated rings. The maximum atomic E-state index is 12.0. The number of likely N-dealkylation sites (N-methyl/N-ethyl adjacent to an activating group) is 1. The smallest absolute Gasteiger partial charge is 0.225 e. The largest absolute Gasteiger partial charge is 0.325 e. The fourth-order valence-electron chi connectivity index (χ4n) is 2.09. The van der Waals surface area contributed by atoms with Gasteiger partial charge in [0.25, 0.3) is 0 Å². The summed E-state index contributed by atoms with van der Waals surface area (Å²) in [5.41, 5.74) is 1.78. The van der Waals surface area contributed by atoms with Crippen LogP contribution >= 0.6 is 23.2 Å². The Morgan fingerprint density at radius 3 is 2.65 bits per heavy atom. The van der Waals surface area contributed by atoms with Gasteiger partial charge in [-0.3, -0.25) is 9.78 Å². The summed E-state index contributed by atoms with van der Waals surface area (Å²) in [5.74, 6) is -0.0788. The normalized spacial score (nSPS) is 10.8. The van der Waals surface area contributed by atoms with Crippen LogP contribution in [0, 0.1) is 0 Å². The molecule has 0 atom stereocenters. The van der Waals surface area contributed by atoms with E-state index in [4.69, 9.17) is 23.2 Å². The van der Waals surface area contributed by atoms with E-state index in [0.717, 1.165) is 13.0 Å². The van der Waals surface area contributed by atoms with Crippen LogP contribution in [0.15, 0.2) is 42.7 Å². The predicted octanol–water partition coefficient (Wildman–Crippen LogP) is 3.89. The third-order valence-electron chi connectivity index (χ3n) is 3.48. The van der Waals surface area contributed by atoms with Crippen LogP contribution in [-0.2, 0) is 11.2 Å². The molecule has 0 saturated heterocycles. The van der Waals surface area contributed by atoms with E-state index in [2.05, 4.69) is 15.2 Å². The molecule has 122 valence electrons. The van der Waals surface area contributed by atoms with Gasteiger partial charge in [0.05, 0.1) is 15.7 Å². The lowest BCUT2D eigenvalue weighted by Crippen LogP contribution is -2.26. The van der Waals surface area contributed by atoms with Crippen molar-refractivity contribution in [3.63, 3.8) is 0 Å². The van der Waals surface area contributed by atoms with Crippen LogP contribution in [0.2, 0.25) is 10.0 Å². The fourth-order valence-corrected chi connectivity index (χ4v) is 2.43. The SMILES string of the molecule is CN(CCC(=O)Nc1cccc(Cl)c1Cl)CCc1ccncc1. The molecule has 2 aromatic rings. The second-order valence-electron chi connectivity index (χ2n) is 5.31. The molecule has 1 aromatic heterocycles. The monoisotopic (exact) mass is 351 g/mol. The molecule has 1 amide bonds. The van der Waals surface area contributed by atoms with Crippen LogP contribution in [0.5, 0.6) is 0 Å². The van der Waals surface area contributed by atoms with Crippen LogP contribution in [0.4, 0.5) is 5.69 Å². The van der Waals surface area contributed by atoms with Gasteiger partial charge in [0.15, 0.2) is 0 Å². The summed E-state index contributed by atoms with van der Waals surface area (Å²) in [5, 5.41) is 3.59. The Morgan fingerprint density at radius 1 is 1.17 bits per heavy atom. The van der Waals surface area contributed by atoms with Gasteiger partial charge in [-0.05, 0) is 43.3 Å². The highest BCUT2D eigenvalue weighted by atomic mass is 35.5. The number of aromatic nitrogens is 1. The zero-order valence-electron chi connectivity index (χ0n) is 12.9. The molecule has 1 aromatic carbocycles. The fraction of sp³-hybridized carbons (Fsp3) is 0.294. The molecule has 1 N–H and O–H groups in total. The van der Waals surface area contributed by atoms with Crippen LogP contribution in [-0.4, -0.2) is 35.9 Å². The zero-order chi connectivity index (χ0) is 16.7. The number of anilines is 1. The molecule has 4 nitrogen and oxygen atoms in total. The molecule has 0 bridgehead atoms. The van der Waals surface area contributed by atoms with Crippen LogP contribution in [0.25, 0.3) is 0 Å². The average Bonchev–Trinajstić information content (AvgIpc) is 2.56. The standard InChI is InChI=1S/C17H19Cl2N3O/c1-22(11-7-13-5-9-20-10-6-13)12-8-16(23)21-15-4-2-3-14(18)17(15)19/h2-6,9-10H,7-8,11-12H2,1H3,(H,21,23). The van der Waals surface area contributed by atoms with Gasteiger partial charge < -0.3 is 10.2 Å². The molecule has 1 heterocycles. The maximum Gasteiger partial charge on any atom is 0.225 e. The minimum atomic E-state index is -0.0788. The third kappa shape index (κ3) is 5.82. The Kier molecular flexibility index (Phi) is 6.84. The van der Waals surface area contributed by atoms with Crippen molar-refractivity contribution in [1.29, 1.82) is 0 Å². The Bertz CT molecular complexity index is 650. The molecule has 0 aliphatic rings. The van der Waals surface area contributed by atoms with Crippen molar-refractivity contribution in [2.24, 2.45) is 0 Å². The number of carbonyl (C=O) groups excluding carboxylic acids is 1. The molecule has 0 spiro atoms. The quantitative estimate of drug-likeness (QED) is 0.822. The molecule has 6 heteroatoms. The van der Waals surface area contributed by atoms with E-state index >= 15 is 0 Å². The highest BCUT2D eigenvalue weighted by Crippen LogP contribution is 2.29. The number of nitrogens with one attached hydrogen (secondary N) is 1. The number of rotatable bonds is 7. The Morgan fingerprint density at radius 2 is 1.91 bits per heavy atom. The minimum Gasteiger partial charge on any atom is -0.325 e. The number of hydrogen-bond donors (Lipinski definition) is 1. The topological polar surface area (TPSA) is 45.2 Å². The van der Waals surface area contributed by atoms with Gasteiger partial charge in [-0.25, -0.2) is 0 Å². The van der Waals surface area contributed by atoms with E-state index < -0.39 is 0 Å². The number of amides is 1. The summed E-state index contributed by atoms with van der Waals surface area (Å²) in [6.45, 7) is 1.56. The number of pyridine rings is 1. The van der Waals surface area contributed by atoms with Crippen molar-refractivity contribution in [1.82, 2.24) is 9.88 Å². The summed E-state index contributed by atoms with van der Waals surface area (Å²) >= 11 is 12.0. The summed E-state index contributed by atoms with van der Waals surface area (Å²) < 4.78 is 0. The van der Waals surface area contributed by atoms with E-state index in [-0.39, 0.29) is 5.91 Å². The van der Waals surface area contributed by atoms with Crippen molar-refractivity contribution in [3.8, 4) is 0 Å². The molecule has 23 heavy (non-hydrogen) atoms. The lowest BCUT2D eigenvalue weighted by atomic mass is 10.2. The first kappa shape index (κ1) is 17.7. The van der Waals surface area contributed by atoms with E-state index in [9.17, 15) is 4.79 Å². The lowest BCUT2D eigenvalue weighted by molar-refractivity contribution is -0.116. The van der Waals surface area contributed by atoms with E-state index in [1.807, 2.05) is 19.2 Å². The molecule has 0 aliphatic heterocycles. The average molecular weight is 352 g/mol. The van der Waals surface area contributed by atoms with Gasteiger partial charge in [-0.2, -0.15) is 0 Å². The Labute approximate surface area is 146 Å². The maximum absolute atomic E-state index is 12.0. The highest BCUT2D eigenvalue weighted by molar-refractivity contribution is 6.43. The minimum absolute atomic E-state index is 0.0788. The number of halogens is 2. The van der Waals surface area contributed by atoms with Crippen molar-refractivity contribution in [3.05, 3.63) is 58.3 Å². The number of benzene rings is 1. The van der Waals surface area contributed by atoms with Crippen molar-refractivity contribution >= 4 is 34.8 Å². The van der Waals surface area contributed by atoms with Crippen molar-refractivity contribution in [2.75, 3.05) is 25.5 Å². The molecular weight excluding hydrogens is 333 g/mol. The molecular formula is C17H19Cl2N3O. The third-order valence-corrected chi connectivity index (χ3v) is 4.30. The molecule has 2 rings (SSSR count). The number of hydrogen-bond acceptors (Lipinski definition) is 3. The van der Waals surface area contributed by atoms with Gasteiger partial charge in [0, 0.05) is 31.9 Å². The summed E-state index contributed by atoms with van der Waals surface area (Å²) in [6, 6.07) is 9.18. The van der Waals surface area contributed by atoms with Gasteiger partial charge in [0.2, 0.25) is 5.91 Å². The van der Waals surface area contributed by atoms with Crippen LogP contribution in [0.1, 0.15) is 12.0 Å². The van der Waals surface area contributed by atoms with E-state index in [0.29, 0.717) is 28.7 Å². The second kappa shape index (κ2) is 8.87. The van der Waals surface area contributed by atoms with Crippen LogP contribution in [0.3, 0.4) is 0 Å². The Hall–Kier alpha value is -1.62. The van der Waals surface area contributed by atoms with Crippen molar-refractivity contribution < 1.29 is 4.79 Å². The van der Waals surface area contributed by atoms with E-state index in [1.54, 1.807) is 30.6 Å². The van der Waals surface area contributed by atoms with Gasteiger partial charge in [0.1, 0.15) is 0 Å². The zero-order valence-corrected chi connectivity index (χ0v) is 14.4. The summed E-state index contributed by atoms with van der Waals surface area (Å²) in [7, 11) is 2.00. The number of nitrogens with zero attached hydrogens (tertiary/aromatic N) is 2.